The summed E-state index contributed by atoms with van der Waals surface area (Å²) >= 11 is 0. The summed E-state index contributed by atoms with van der Waals surface area (Å²) < 4.78 is 0. The third-order valence-corrected chi connectivity index (χ3v) is 3.90. The van der Waals surface area contributed by atoms with E-state index in [1.807, 2.05) is 6.07 Å². The van der Waals surface area contributed by atoms with Crippen LogP contribution in [0.5, 0.6) is 0 Å². The van der Waals surface area contributed by atoms with E-state index in [4.69, 9.17) is 4.98 Å². The molecular formula is C17H14N2. The Balaban J connectivity index is 2.22. The Morgan fingerprint density at radius 3 is 2.58 bits per heavy atom. The summed E-state index contributed by atoms with van der Waals surface area (Å²) in [6.07, 6.45) is 0. The van der Waals surface area contributed by atoms with Gasteiger partial charge in [-0.3, -0.25) is 0 Å². The van der Waals surface area contributed by atoms with Gasteiger partial charge < -0.3 is 4.98 Å². The van der Waals surface area contributed by atoms with Crippen molar-refractivity contribution in [3.63, 3.8) is 0 Å². The molecule has 0 saturated carbocycles. The van der Waals surface area contributed by atoms with E-state index in [1.165, 1.54) is 32.8 Å². The van der Waals surface area contributed by atoms with Crippen molar-refractivity contribution in [3.8, 4) is 0 Å². The van der Waals surface area contributed by atoms with Crippen LogP contribution in [0, 0.1) is 13.8 Å². The Morgan fingerprint density at radius 1 is 0.895 bits per heavy atom. The van der Waals surface area contributed by atoms with Gasteiger partial charge in [0.25, 0.3) is 0 Å². The first kappa shape index (κ1) is 10.6. The Labute approximate surface area is 111 Å². The van der Waals surface area contributed by atoms with E-state index in [-0.39, 0.29) is 0 Å². The van der Waals surface area contributed by atoms with Gasteiger partial charge in [0, 0.05) is 21.7 Å². The highest BCUT2D eigenvalue weighted by atomic mass is 14.9. The lowest BCUT2D eigenvalue weighted by molar-refractivity contribution is 1.35. The molecule has 0 radical (unpaired) electrons. The fourth-order valence-electron chi connectivity index (χ4n) is 2.69. The minimum absolute atomic E-state index is 0.971. The molecule has 19 heavy (non-hydrogen) atoms. The van der Waals surface area contributed by atoms with Crippen LogP contribution in [0.1, 0.15) is 11.1 Å². The van der Waals surface area contributed by atoms with E-state index in [9.17, 15) is 0 Å². The number of hydrogen-bond acceptors (Lipinski definition) is 1. The molecule has 0 spiro atoms. The highest BCUT2D eigenvalue weighted by molar-refractivity contribution is 6.09. The maximum atomic E-state index is 4.72. The second-order valence-electron chi connectivity index (χ2n) is 5.18. The first-order valence-electron chi connectivity index (χ1n) is 6.51. The summed E-state index contributed by atoms with van der Waals surface area (Å²) in [5, 5.41) is 3.65. The van der Waals surface area contributed by atoms with E-state index in [0.29, 0.717) is 0 Å². The smallest absolute Gasteiger partial charge is 0.139 e. The SMILES string of the molecule is Cc1cc2[nH]c3nc4ccccc4cc3c2cc1C. The zero-order valence-corrected chi connectivity index (χ0v) is 11.0. The molecule has 2 heterocycles. The molecular weight excluding hydrogens is 232 g/mol. The number of pyridine rings is 1. The highest BCUT2D eigenvalue weighted by Crippen LogP contribution is 2.29. The van der Waals surface area contributed by atoms with Crippen molar-refractivity contribution < 1.29 is 0 Å². The normalized spacial score (nSPS) is 11.7. The molecule has 0 saturated heterocycles. The predicted octanol–water partition coefficient (Wildman–Crippen LogP) is 4.49. The topological polar surface area (TPSA) is 28.7 Å². The van der Waals surface area contributed by atoms with Crippen LogP contribution in [-0.2, 0) is 0 Å². The standard InChI is InChI=1S/C17H14N2/c1-10-7-13-14-9-12-5-3-4-6-15(12)18-17(14)19-16(13)8-11(10)2/h3-9H,1-2H3,(H,18,19). The van der Waals surface area contributed by atoms with Gasteiger partial charge in [-0.25, -0.2) is 4.98 Å². The van der Waals surface area contributed by atoms with Crippen LogP contribution >= 0.6 is 0 Å². The fraction of sp³-hybridized carbons (Fsp3) is 0.118. The Bertz CT molecular complexity index is 932. The van der Waals surface area contributed by atoms with Gasteiger partial charge >= 0.3 is 0 Å². The van der Waals surface area contributed by atoms with Crippen molar-refractivity contribution in [3.05, 3.63) is 53.6 Å². The number of nitrogens with one attached hydrogen (secondary N) is 1. The number of aromatic amines is 1. The Kier molecular flexibility index (Phi) is 1.99. The average Bonchev–Trinajstić information content (AvgIpc) is 2.74. The summed E-state index contributed by atoms with van der Waals surface area (Å²) in [5.41, 5.74) is 5.81. The maximum absolute atomic E-state index is 4.72. The largest absolute Gasteiger partial charge is 0.339 e. The summed E-state index contributed by atoms with van der Waals surface area (Å²) in [6.45, 7) is 4.30. The second kappa shape index (κ2) is 3.58. The molecule has 0 atom stereocenters. The number of aryl methyl sites for hydroxylation is 2. The number of para-hydroxylation sites is 1. The number of fused-ring (bicyclic) bond motifs is 4. The van der Waals surface area contributed by atoms with E-state index >= 15 is 0 Å². The molecule has 2 aromatic heterocycles. The van der Waals surface area contributed by atoms with Gasteiger partial charge in [-0.05, 0) is 49.2 Å². The number of H-pyrrole nitrogens is 1. The molecule has 0 aliphatic carbocycles. The molecule has 0 fully saturated rings. The molecule has 0 bridgehead atoms. The predicted molar refractivity (Wildman–Crippen MR) is 80.6 cm³/mol. The molecule has 2 aromatic carbocycles. The van der Waals surface area contributed by atoms with Gasteiger partial charge in [0.15, 0.2) is 0 Å². The minimum Gasteiger partial charge on any atom is -0.339 e. The molecule has 0 aliphatic rings. The van der Waals surface area contributed by atoms with Crippen molar-refractivity contribution >= 4 is 32.8 Å². The highest BCUT2D eigenvalue weighted by Gasteiger charge is 2.08. The van der Waals surface area contributed by atoms with E-state index in [0.717, 1.165) is 11.2 Å². The summed E-state index contributed by atoms with van der Waals surface area (Å²) in [5.74, 6) is 0. The first-order valence-corrected chi connectivity index (χ1v) is 6.51. The average molecular weight is 246 g/mol. The van der Waals surface area contributed by atoms with E-state index in [1.54, 1.807) is 0 Å². The summed E-state index contributed by atoms with van der Waals surface area (Å²) in [6, 6.07) is 14.9. The van der Waals surface area contributed by atoms with E-state index < -0.39 is 0 Å². The van der Waals surface area contributed by atoms with Crippen LogP contribution in [0.25, 0.3) is 32.8 Å². The number of rotatable bonds is 0. The lowest BCUT2D eigenvalue weighted by atomic mass is 10.1. The minimum atomic E-state index is 0.971. The third kappa shape index (κ3) is 1.46. The van der Waals surface area contributed by atoms with Crippen LogP contribution in [-0.4, -0.2) is 9.97 Å². The number of benzene rings is 2. The molecule has 1 N–H and O–H groups in total. The van der Waals surface area contributed by atoms with Crippen molar-refractivity contribution in [2.75, 3.05) is 0 Å². The van der Waals surface area contributed by atoms with Crippen molar-refractivity contribution in [1.82, 2.24) is 9.97 Å². The van der Waals surface area contributed by atoms with E-state index in [2.05, 4.69) is 55.2 Å². The lowest BCUT2D eigenvalue weighted by Crippen LogP contribution is -1.80. The van der Waals surface area contributed by atoms with Crippen LogP contribution in [0.4, 0.5) is 0 Å². The molecule has 0 aliphatic heterocycles. The Hall–Kier alpha value is -2.35. The van der Waals surface area contributed by atoms with Crippen LogP contribution in [0.2, 0.25) is 0 Å². The summed E-state index contributed by atoms with van der Waals surface area (Å²) in [7, 11) is 0. The van der Waals surface area contributed by atoms with Crippen molar-refractivity contribution in [1.29, 1.82) is 0 Å². The van der Waals surface area contributed by atoms with Crippen LogP contribution in [0.3, 0.4) is 0 Å². The van der Waals surface area contributed by atoms with Gasteiger partial charge in [0.05, 0.1) is 5.52 Å². The van der Waals surface area contributed by atoms with Gasteiger partial charge in [-0.15, -0.1) is 0 Å². The number of aromatic nitrogens is 2. The van der Waals surface area contributed by atoms with Gasteiger partial charge in [0.2, 0.25) is 0 Å². The molecule has 0 unspecified atom stereocenters. The van der Waals surface area contributed by atoms with Crippen molar-refractivity contribution in [2.45, 2.75) is 13.8 Å². The summed E-state index contributed by atoms with van der Waals surface area (Å²) in [4.78, 5) is 8.15. The molecule has 4 aromatic rings. The monoisotopic (exact) mass is 246 g/mol. The molecule has 0 amide bonds. The second-order valence-corrected chi connectivity index (χ2v) is 5.18. The van der Waals surface area contributed by atoms with Gasteiger partial charge in [-0.2, -0.15) is 0 Å². The fourth-order valence-corrected chi connectivity index (χ4v) is 2.69. The third-order valence-electron chi connectivity index (χ3n) is 3.90. The molecule has 4 rings (SSSR count). The van der Waals surface area contributed by atoms with Gasteiger partial charge in [-0.1, -0.05) is 18.2 Å². The van der Waals surface area contributed by atoms with Crippen molar-refractivity contribution in [2.24, 2.45) is 0 Å². The molecule has 92 valence electrons. The lowest BCUT2D eigenvalue weighted by Gasteiger charge is -2.00. The zero-order valence-electron chi connectivity index (χ0n) is 11.0. The van der Waals surface area contributed by atoms with Crippen LogP contribution < -0.4 is 0 Å². The van der Waals surface area contributed by atoms with Crippen LogP contribution in [0.15, 0.2) is 42.5 Å². The number of nitrogens with zero attached hydrogens (tertiary/aromatic N) is 1. The quantitative estimate of drug-likeness (QED) is 0.486. The number of hydrogen-bond donors (Lipinski definition) is 1. The Morgan fingerprint density at radius 2 is 1.68 bits per heavy atom. The van der Waals surface area contributed by atoms with Gasteiger partial charge in [0.1, 0.15) is 5.65 Å². The molecule has 2 heteroatoms. The molecule has 2 nitrogen and oxygen atoms in total. The zero-order chi connectivity index (χ0) is 13.0. The maximum Gasteiger partial charge on any atom is 0.139 e. The first-order chi connectivity index (χ1) is 9.22.